The zero-order valence-electron chi connectivity index (χ0n) is 11.1. The number of rotatable bonds is 4. The van der Waals surface area contributed by atoms with Gasteiger partial charge in [0, 0.05) is 0 Å². The van der Waals surface area contributed by atoms with E-state index in [0.29, 0.717) is 0 Å². The average molecular weight is 256 g/mol. The first-order chi connectivity index (χ1) is 7.74. The molecule has 18 heavy (non-hydrogen) atoms. The molecule has 0 aromatic carbocycles. The number of hydrogen-bond acceptors (Lipinski definition) is 2. The second-order valence-electron chi connectivity index (χ2n) is 4.32. The maximum Gasteiger partial charge on any atom is 0.0503 e. The molecule has 2 heteroatoms. The van der Waals surface area contributed by atoms with Gasteiger partial charge in [-0.25, -0.2) is 0 Å². The Morgan fingerprint density at radius 2 is 1.44 bits per heavy atom. The lowest BCUT2D eigenvalue weighted by atomic mass is 10.2. The van der Waals surface area contributed by atoms with Crippen LogP contribution in [0.15, 0.2) is 25.3 Å². The lowest BCUT2D eigenvalue weighted by Gasteiger charge is -2.25. The van der Waals surface area contributed by atoms with Crippen LogP contribution in [0.25, 0.3) is 0 Å². The van der Waals surface area contributed by atoms with Gasteiger partial charge in [0.05, 0.1) is 6.67 Å². The summed E-state index contributed by atoms with van der Waals surface area (Å²) < 4.78 is 0. The summed E-state index contributed by atoms with van der Waals surface area (Å²) >= 11 is 0. The minimum atomic E-state index is 0. The molecule has 0 N–H and O–H groups in total. The standard InChI is InChI=1S/C10H22N2.C4H6.2CH4/c1-3-11(2)10-12-8-6-4-5-7-9-12;1-3-4-2;;/h3-10H2,1-2H3;3-4H,1-2H2;2*1H4. The molecule has 0 amide bonds. The van der Waals surface area contributed by atoms with Crippen LogP contribution in [0.3, 0.4) is 0 Å². The van der Waals surface area contributed by atoms with E-state index in [4.69, 9.17) is 0 Å². The normalized spacial score (nSPS) is 15.3. The Labute approximate surface area is 116 Å². The Morgan fingerprint density at radius 1 is 1.00 bits per heavy atom. The molecule has 0 aliphatic carbocycles. The van der Waals surface area contributed by atoms with Gasteiger partial charge in [-0.15, -0.1) is 0 Å². The minimum absolute atomic E-state index is 0. The molecule has 0 atom stereocenters. The first-order valence-corrected chi connectivity index (χ1v) is 6.39. The third-order valence-corrected chi connectivity index (χ3v) is 2.85. The number of allylic oxidation sites excluding steroid dienone is 2. The highest BCUT2D eigenvalue weighted by molar-refractivity contribution is 4.88. The van der Waals surface area contributed by atoms with Crippen LogP contribution in [0.2, 0.25) is 0 Å². The summed E-state index contributed by atoms with van der Waals surface area (Å²) in [6, 6.07) is 0. The lowest BCUT2D eigenvalue weighted by molar-refractivity contribution is 0.164. The van der Waals surface area contributed by atoms with E-state index in [1.54, 1.807) is 12.2 Å². The largest absolute Gasteiger partial charge is 0.294 e. The molecule has 2 nitrogen and oxygen atoms in total. The zero-order chi connectivity index (χ0) is 12.2. The van der Waals surface area contributed by atoms with Crippen LogP contribution < -0.4 is 0 Å². The Hall–Kier alpha value is -0.600. The first-order valence-electron chi connectivity index (χ1n) is 6.39. The molecule has 0 aromatic rings. The van der Waals surface area contributed by atoms with E-state index >= 15 is 0 Å². The van der Waals surface area contributed by atoms with E-state index < -0.39 is 0 Å². The Balaban J connectivity index is -0.000000332. The van der Waals surface area contributed by atoms with E-state index in [2.05, 4.69) is 36.9 Å². The molecule has 1 aliphatic heterocycles. The van der Waals surface area contributed by atoms with Gasteiger partial charge < -0.3 is 0 Å². The van der Waals surface area contributed by atoms with Crippen LogP contribution in [0.5, 0.6) is 0 Å². The van der Waals surface area contributed by atoms with E-state index in [1.807, 2.05) is 0 Å². The van der Waals surface area contributed by atoms with Crippen molar-refractivity contribution in [1.29, 1.82) is 0 Å². The van der Waals surface area contributed by atoms with Gasteiger partial charge in [-0.1, -0.05) is 59.9 Å². The average Bonchev–Trinajstić information content (AvgIpc) is 2.58. The quantitative estimate of drug-likeness (QED) is 0.688. The molecule has 1 fully saturated rings. The fourth-order valence-electron chi connectivity index (χ4n) is 1.72. The lowest BCUT2D eigenvalue weighted by Crippen LogP contribution is -2.36. The van der Waals surface area contributed by atoms with Crippen LogP contribution >= 0.6 is 0 Å². The maximum absolute atomic E-state index is 3.36. The molecule has 110 valence electrons. The van der Waals surface area contributed by atoms with Crippen molar-refractivity contribution in [3.8, 4) is 0 Å². The molecular formula is C16H36N2. The predicted octanol–water partition coefficient (Wildman–Crippen LogP) is 4.40. The maximum atomic E-state index is 3.36. The number of nitrogens with zero attached hydrogens (tertiary/aromatic N) is 2. The molecular weight excluding hydrogens is 220 g/mol. The van der Waals surface area contributed by atoms with Gasteiger partial charge in [0.25, 0.3) is 0 Å². The van der Waals surface area contributed by atoms with Crippen molar-refractivity contribution >= 4 is 0 Å². The second-order valence-corrected chi connectivity index (χ2v) is 4.32. The van der Waals surface area contributed by atoms with Crippen molar-refractivity contribution in [2.75, 3.05) is 33.4 Å². The predicted molar refractivity (Wildman–Crippen MR) is 87.1 cm³/mol. The van der Waals surface area contributed by atoms with Crippen LogP contribution in [0.4, 0.5) is 0 Å². The van der Waals surface area contributed by atoms with Crippen LogP contribution in [0.1, 0.15) is 47.5 Å². The van der Waals surface area contributed by atoms with Crippen molar-refractivity contribution in [3.05, 3.63) is 25.3 Å². The van der Waals surface area contributed by atoms with Gasteiger partial charge in [-0.05, 0) is 39.5 Å². The van der Waals surface area contributed by atoms with Crippen molar-refractivity contribution < 1.29 is 0 Å². The summed E-state index contributed by atoms with van der Waals surface area (Å²) in [4.78, 5) is 4.96. The van der Waals surface area contributed by atoms with Gasteiger partial charge >= 0.3 is 0 Å². The zero-order valence-corrected chi connectivity index (χ0v) is 11.1. The molecule has 1 rings (SSSR count). The summed E-state index contributed by atoms with van der Waals surface area (Å²) in [5, 5.41) is 0. The molecule has 0 saturated carbocycles. The first kappa shape index (κ1) is 22.6. The Kier molecular flexibility index (Phi) is 20.6. The van der Waals surface area contributed by atoms with Gasteiger partial charge in [0.1, 0.15) is 0 Å². The Morgan fingerprint density at radius 3 is 1.78 bits per heavy atom. The number of hydrogen-bond donors (Lipinski definition) is 0. The topological polar surface area (TPSA) is 6.48 Å². The monoisotopic (exact) mass is 256 g/mol. The fourth-order valence-corrected chi connectivity index (χ4v) is 1.72. The smallest absolute Gasteiger partial charge is 0.0503 e. The molecule has 0 unspecified atom stereocenters. The van der Waals surface area contributed by atoms with Crippen LogP contribution in [-0.4, -0.2) is 43.2 Å². The molecule has 0 spiro atoms. The van der Waals surface area contributed by atoms with Crippen molar-refractivity contribution in [1.82, 2.24) is 9.80 Å². The SMILES string of the molecule is C.C.C=CC=C.CCN(C)CN1CCCCCC1. The summed E-state index contributed by atoms with van der Waals surface area (Å²) in [6.07, 6.45) is 8.95. The number of likely N-dealkylation sites (tertiary alicyclic amines) is 1. The molecule has 1 aliphatic rings. The van der Waals surface area contributed by atoms with E-state index in [1.165, 1.54) is 38.8 Å². The van der Waals surface area contributed by atoms with E-state index in [0.717, 1.165) is 13.2 Å². The molecule has 0 bridgehead atoms. The van der Waals surface area contributed by atoms with Gasteiger partial charge in [-0.2, -0.15) is 0 Å². The third kappa shape index (κ3) is 13.5. The summed E-state index contributed by atoms with van der Waals surface area (Å²) in [5.41, 5.74) is 0. The summed E-state index contributed by atoms with van der Waals surface area (Å²) in [5.74, 6) is 0. The van der Waals surface area contributed by atoms with E-state index in [-0.39, 0.29) is 14.9 Å². The molecule has 1 saturated heterocycles. The second kappa shape index (κ2) is 16.4. The summed E-state index contributed by atoms with van der Waals surface area (Å²) in [6.45, 7) is 13.9. The molecule has 0 aromatic heterocycles. The fraction of sp³-hybridized carbons (Fsp3) is 0.750. The van der Waals surface area contributed by atoms with E-state index in [9.17, 15) is 0 Å². The third-order valence-electron chi connectivity index (χ3n) is 2.85. The Bertz CT molecular complexity index is 164. The van der Waals surface area contributed by atoms with Gasteiger partial charge in [-0.3, -0.25) is 9.80 Å². The molecule has 0 radical (unpaired) electrons. The van der Waals surface area contributed by atoms with Crippen LogP contribution in [-0.2, 0) is 0 Å². The van der Waals surface area contributed by atoms with Crippen molar-refractivity contribution in [3.63, 3.8) is 0 Å². The minimum Gasteiger partial charge on any atom is -0.294 e. The van der Waals surface area contributed by atoms with Crippen LogP contribution in [0, 0.1) is 0 Å². The highest BCUT2D eigenvalue weighted by atomic mass is 15.3. The van der Waals surface area contributed by atoms with Crippen molar-refractivity contribution in [2.45, 2.75) is 47.5 Å². The van der Waals surface area contributed by atoms with Gasteiger partial charge in [0.2, 0.25) is 0 Å². The molecule has 1 heterocycles. The highest BCUT2D eigenvalue weighted by Gasteiger charge is 2.09. The van der Waals surface area contributed by atoms with Crippen molar-refractivity contribution in [2.24, 2.45) is 0 Å². The van der Waals surface area contributed by atoms with Gasteiger partial charge in [0.15, 0.2) is 0 Å². The summed E-state index contributed by atoms with van der Waals surface area (Å²) in [7, 11) is 2.20. The highest BCUT2D eigenvalue weighted by Crippen LogP contribution is 2.09.